The second-order valence-corrected chi connectivity index (χ2v) is 6.75. The van der Waals surface area contributed by atoms with Gasteiger partial charge in [-0.05, 0) is 29.8 Å². The molecule has 0 aliphatic carbocycles. The van der Waals surface area contributed by atoms with Crippen molar-refractivity contribution in [2.75, 3.05) is 7.11 Å². The number of amides is 1. The first kappa shape index (κ1) is 18.8. The molecule has 3 rings (SSSR count). The van der Waals surface area contributed by atoms with Gasteiger partial charge in [0.05, 0.1) is 26.5 Å². The van der Waals surface area contributed by atoms with Gasteiger partial charge in [0.25, 0.3) is 0 Å². The van der Waals surface area contributed by atoms with Crippen molar-refractivity contribution in [3.8, 4) is 5.75 Å². The van der Waals surface area contributed by atoms with E-state index in [4.69, 9.17) is 9.15 Å². The fourth-order valence-corrected chi connectivity index (χ4v) is 2.94. The van der Waals surface area contributed by atoms with Crippen molar-refractivity contribution in [2.45, 2.75) is 33.5 Å². The van der Waals surface area contributed by atoms with Gasteiger partial charge in [-0.15, -0.1) is 0 Å². The molecule has 0 atom stereocenters. The number of imidazole rings is 1. The van der Waals surface area contributed by atoms with E-state index in [0.717, 1.165) is 22.9 Å². The number of carbonyl (C=O) groups is 1. The lowest BCUT2D eigenvalue weighted by Gasteiger charge is -2.24. The number of benzene rings is 1. The van der Waals surface area contributed by atoms with Crippen LogP contribution >= 0.6 is 0 Å². The van der Waals surface area contributed by atoms with Gasteiger partial charge in [0.1, 0.15) is 17.3 Å². The molecule has 0 bridgehead atoms. The fraction of sp³-hybridized carbons (Fsp3) is 0.333. The van der Waals surface area contributed by atoms with Crippen LogP contribution in [-0.2, 0) is 24.4 Å². The SMILES string of the molecule is COc1cccc(Cn2ccnc2CN(Cc2ccco2)C(=O)C(C)C)c1. The minimum atomic E-state index is -0.0956. The van der Waals surface area contributed by atoms with E-state index in [0.29, 0.717) is 19.6 Å². The maximum absolute atomic E-state index is 12.7. The predicted octanol–water partition coefficient (Wildman–Crippen LogP) is 3.72. The third-order valence-electron chi connectivity index (χ3n) is 4.35. The Balaban J connectivity index is 1.78. The maximum Gasteiger partial charge on any atom is 0.225 e. The molecular weight excluding hydrogens is 342 g/mol. The number of carbonyl (C=O) groups excluding carboxylic acids is 1. The van der Waals surface area contributed by atoms with Gasteiger partial charge in [0.2, 0.25) is 5.91 Å². The topological polar surface area (TPSA) is 60.5 Å². The van der Waals surface area contributed by atoms with Gasteiger partial charge in [0.15, 0.2) is 0 Å². The Hall–Kier alpha value is -3.02. The van der Waals surface area contributed by atoms with E-state index in [1.165, 1.54) is 0 Å². The Kier molecular flexibility index (Phi) is 5.96. The Labute approximate surface area is 159 Å². The van der Waals surface area contributed by atoms with E-state index in [2.05, 4.69) is 9.55 Å². The van der Waals surface area contributed by atoms with Crippen molar-refractivity contribution in [2.24, 2.45) is 5.92 Å². The van der Waals surface area contributed by atoms with E-state index >= 15 is 0 Å². The van der Waals surface area contributed by atoms with Gasteiger partial charge < -0.3 is 18.6 Å². The van der Waals surface area contributed by atoms with Crippen LogP contribution < -0.4 is 4.74 Å². The molecule has 0 saturated heterocycles. The molecule has 3 aromatic rings. The minimum Gasteiger partial charge on any atom is -0.497 e. The molecule has 6 heteroatoms. The highest BCUT2D eigenvalue weighted by Gasteiger charge is 2.20. The van der Waals surface area contributed by atoms with Crippen LogP contribution in [0.2, 0.25) is 0 Å². The molecule has 0 N–H and O–H groups in total. The van der Waals surface area contributed by atoms with E-state index in [9.17, 15) is 4.79 Å². The molecule has 0 fully saturated rings. The first-order valence-corrected chi connectivity index (χ1v) is 9.01. The van der Waals surface area contributed by atoms with E-state index in [1.807, 2.05) is 56.4 Å². The number of nitrogens with zero attached hydrogens (tertiary/aromatic N) is 3. The number of aromatic nitrogens is 2. The molecule has 1 aromatic carbocycles. The standard InChI is InChI=1S/C21H25N3O3/c1-16(2)21(25)24(14-19-8-5-11-27-19)15-20-22-9-10-23(20)13-17-6-4-7-18(12-17)26-3/h4-12,16H,13-15H2,1-3H3. The zero-order chi connectivity index (χ0) is 19.2. The summed E-state index contributed by atoms with van der Waals surface area (Å²) in [6, 6.07) is 11.7. The summed E-state index contributed by atoms with van der Waals surface area (Å²) in [6.45, 7) is 5.32. The average Bonchev–Trinajstić information content (AvgIpc) is 3.33. The van der Waals surface area contributed by atoms with Crippen LogP contribution in [0, 0.1) is 5.92 Å². The molecule has 0 saturated carbocycles. The zero-order valence-corrected chi connectivity index (χ0v) is 16.0. The summed E-state index contributed by atoms with van der Waals surface area (Å²) in [5, 5.41) is 0. The molecule has 0 aliphatic heterocycles. The average molecular weight is 367 g/mol. The van der Waals surface area contributed by atoms with Gasteiger partial charge in [0, 0.05) is 24.9 Å². The van der Waals surface area contributed by atoms with E-state index < -0.39 is 0 Å². The predicted molar refractivity (Wildman–Crippen MR) is 102 cm³/mol. The molecule has 2 heterocycles. The van der Waals surface area contributed by atoms with Crippen LogP contribution in [0.3, 0.4) is 0 Å². The second-order valence-electron chi connectivity index (χ2n) is 6.75. The molecule has 142 valence electrons. The van der Waals surface area contributed by atoms with Crippen molar-refractivity contribution in [1.29, 1.82) is 0 Å². The highest BCUT2D eigenvalue weighted by Crippen LogP contribution is 2.17. The second kappa shape index (κ2) is 8.58. The summed E-state index contributed by atoms with van der Waals surface area (Å²) in [4.78, 5) is 18.9. The minimum absolute atomic E-state index is 0.0716. The van der Waals surface area contributed by atoms with Gasteiger partial charge in [-0.1, -0.05) is 26.0 Å². The molecule has 0 unspecified atom stereocenters. The summed E-state index contributed by atoms with van der Waals surface area (Å²) in [5.74, 6) is 2.39. The van der Waals surface area contributed by atoms with Gasteiger partial charge in [-0.25, -0.2) is 4.98 Å². The van der Waals surface area contributed by atoms with Crippen LogP contribution in [0.25, 0.3) is 0 Å². The van der Waals surface area contributed by atoms with Gasteiger partial charge in [-0.3, -0.25) is 4.79 Å². The third kappa shape index (κ3) is 4.78. The number of furan rings is 1. The zero-order valence-electron chi connectivity index (χ0n) is 16.0. The number of rotatable bonds is 8. The van der Waals surface area contributed by atoms with E-state index in [-0.39, 0.29) is 11.8 Å². The van der Waals surface area contributed by atoms with Crippen molar-refractivity contribution in [3.63, 3.8) is 0 Å². The molecule has 6 nitrogen and oxygen atoms in total. The monoisotopic (exact) mass is 367 g/mol. The van der Waals surface area contributed by atoms with Crippen LogP contribution in [0.1, 0.15) is 31.0 Å². The highest BCUT2D eigenvalue weighted by molar-refractivity contribution is 5.78. The normalized spacial score (nSPS) is 11.0. The Bertz CT molecular complexity index is 868. The van der Waals surface area contributed by atoms with Crippen molar-refractivity contribution in [1.82, 2.24) is 14.5 Å². The number of hydrogen-bond donors (Lipinski definition) is 0. The molecular formula is C21H25N3O3. The first-order valence-electron chi connectivity index (χ1n) is 9.01. The molecule has 0 aliphatic rings. The summed E-state index contributed by atoms with van der Waals surface area (Å²) in [6.07, 6.45) is 5.32. The molecule has 0 radical (unpaired) electrons. The maximum atomic E-state index is 12.7. The lowest BCUT2D eigenvalue weighted by molar-refractivity contribution is -0.136. The summed E-state index contributed by atoms with van der Waals surface area (Å²) in [5.41, 5.74) is 1.11. The molecule has 2 aromatic heterocycles. The summed E-state index contributed by atoms with van der Waals surface area (Å²) >= 11 is 0. The Morgan fingerprint density at radius 2 is 2.11 bits per heavy atom. The number of hydrogen-bond acceptors (Lipinski definition) is 4. The molecule has 0 spiro atoms. The molecule has 1 amide bonds. The highest BCUT2D eigenvalue weighted by atomic mass is 16.5. The van der Waals surface area contributed by atoms with Crippen LogP contribution in [0.5, 0.6) is 5.75 Å². The van der Waals surface area contributed by atoms with E-state index in [1.54, 1.807) is 24.5 Å². The van der Waals surface area contributed by atoms with Crippen molar-refractivity contribution in [3.05, 3.63) is 72.2 Å². The van der Waals surface area contributed by atoms with Crippen LogP contribution in [0.4, 0.5) is 0 Å². The number of methoxy groups -OCH3 is 1. The summed E-state index contributed by atoms with van der Waals surface area (Å²) in [7, 11) is 1.66. The quantitative estimate of drug-likeness (QED) is 0.609. The Morgan fingerprint density at radius 3 is 2.81 bits per heavy atom. The molecule has 27 heavy (non-hydrogen) atoms. The van der Waals surface area contributed by atoms with Crippen molar-refractivity contribution < 1.29 is 13.9 Å². The lowest BCUT2D eigenvalue weighted by atomic mass is 10.2. The van der Waals surface area contributed by atoms with Gasteiger partial charge in [-0.2, -0.15) is 0 Å². The largest absolute Gasteiger partial charge is 0.497 e. The van der Waals surface area contributed by atoms with Crippen LogP contribution in [0.15, 0.2) is 59.5 Å². The fourth-order valence-electron chi connectivity index (χ4n) is 2.94. The smallest absolute Gasteiger partial charge is 0.225 e. The van der Waals surface area contributed by atoms with Crippen LogP contribution in [-0.4, -0.2) is 27.5 Å². The lowest BCUT2D eigenvalue weighted by Crippen LogP contribution is -2.34. The summed E-state index contributed by atoms with van der Waals surface area (Å²) < 4.78 is 12.8. The third-order valence-corrected chi connectivity index (χ3v) is 4.35. The number of ether oxygens (including phenoxy) is 1. The van der Waals surface area contributed by atoms with Gasteiger partial charge >= 0.3 is 0 Å². The van der Waals surface area contributed by atoms with Crippen molar-refractivity contribution >= 4 is 5.91 Å². The first-order chi connectivity index (χ1) is 13.1. The Morgan fingerprint density at radius 1 is 1.26 bits per heavy atom.